The Morgan fingerprint density at radius 2 is 0.848 bits per heavy atom. The maximum atomic E-state index is 13.7. The zero-order valence-corrected chi connectivity index (χ0v) is 54.1. The summed E-state index contributed by atoms with van der Waals surface area (Å²) in [5, 5.41) is 3.55. The minimum Gasteiger partial charge on any atom is -0.466 e. The first-order valence-electron chi connectivity index (χ1n) is 33.6. The fraction of sp³-hybridized carbons (Fsp3) is 0.500. The Balaban J connectivity index is 0.000000163. The number of hydrogen-bond donors (Lipinski definition) is 1. The van der Waals surface area contributed by atoms with Crippen molar-refractivity contribution in [2.45, 2.75) is 194 Å². The number of rotatable bonds is 21. The number of benzene rings is 6. The highest BCUT2D eigenvalue weighted by molar-refractivity contribution is 5.75. The van der Waals surface area contributed by atoms with Gasteiger partial charge in [0.1, 0.15) is 35.8 Å². The Morgan fingerprint density at radius 3 is 1.27 bits per heavy atom. The minimum atomic E-state index is -0.366. The smallest absolute Gasteiger partial charge is 0.313 e. The predicted molar refractivity (Wildman–Crippen MR) is 353 cm³/mol. The van der Waals surface area contributed by atoms with Crippen molar-refractivity contribution in [3.8, 4) is 0 Å². The molecule has 12 rings (SSSR count). The number of nitrogens with zero attached hydrogens (tertiary/aromatic N) is 1. The van der Waals surface area contributed by atoms with Crippen molar-refractivity contribution in [3.63, 3.8) is 0 Å². The standard InChI is InChI=1S/C28H36FNO3.C25H29FO3.C24H28FNO3.CH4/c1-4-6-17-30-23-15-16-24(30)26(28(31)32-5-2)25(18-23)33-27(20-9-7-19(3)8-10-20)21-11-13-22(29)14-12-21;1-3-28-25(27)23-20-9-6-17(14-20)15-22(23)29-24(18-7-4-16(2)5-8-18)19-10-12-21(26)13-11-19;1-3-28-24(27)22-20-13-12-19(26-20)14-21(22)29-23(16-6-4-15(2)5-7-16)17-8-10-18(25)11-9-17;/h7-14,23-27H,4-6,15-18H2,1-3H3;4-5,7-8,10-13,17,20,22-24H,3,6,9,14-15H2,1-2H3;4-11,19-23,26H,3,12-14H2,1-2H3;1H4/t23?,24?,25-,26+,27?;17?,20?,22-,23+,24?;19?,20?,21-,22+,23?;/m000./s1. The Kier molecular flexibility index (Phi) is 24.9. The molecule has 2 aliphatic carbocycles. The van der Waals surface area contributed by atoms with Gasteiger partial charge < -0.3 is 33.7 Å². The number of halogens is 3. The van der Waals surface area contributed by atoms with E-state index in [1.165, 1.54) is 47.5 Å². The van der Waals surface area contributed by atoms with Crippen LogP contribution in [0.4, 0.5) is 13.2 Å². The molecule has 0 radical (unpaired) electrons. The topological polar surface area (TPSA) is 122 Å². The number of aryl methyl sites for hydroxylation is 3. The highest BCUT2D eigenvalue weighted by atomic mass is 19.1. The second-order valence-electron chi connectivity index (χ2n) is 26.0. The number of piperidine rings is 2. The fourth-order valence-corrected chi connectivity index (χ4v) is 15.2. The molecule has 0 spiro atoms. The van der Waals surface area contributed by atoms with Crippen LogP contribution in [-0.2, 0) is 42.8 Å². The third-order valence-corrected chi connectivity index (χ3v) is 19.7. The van der Waals surface area contributed by atoms with Crippen LogP contribution in [0.5, 0.6) is 0 Å². The van der Waals surface area contributed by atoms with Crippen LogP contribution in [0.3, 0.4) is 0 Å². The van der Waals surface area contributed by atoms with Gasteiger partial charge in [0, 0.05) is 24.2 Å². The zero-order chi connectivity index (χ0) is 64.1. The Morgan fingerprint density at radius 1 is 0.457 bits per heavy atom. The average molecular weight is 1260 g/mol. The van der Waals surface area contributed by atoms with Crippen LogP contribution in [0.1, 0.15) is 181 Å². The van der Waals surface area contributed by atoms with Crippen LogP contribution in [-0.4, -0.2) is 91.7 Å². The van der Waals surface area contributed by atoms with Crippen molar-refractivity contribution in [2.24, 2.45) is 29.6 Å². The molecule has 1 N–H and O–H groups in total. The molecule has 11 nitrogen and oxygen atoms in total. The average Bonchev–Trinajstić information content (AvgIpc) is 1.59. The van der Waals surface area contributed by atoms with Crippen molar-refractivity contribution in [3.05, 3.63) is 213 Å². The lowest BCUT2D eigenvalue weighted by molar-refractivity contribution is -0.165. The summed E-state index contributed by atoms with van der Waals surface area (Å²) in [5.41, 5.74) is 9.20. The molecule has 92 heavy (non-hydrogen) atoms. The van der Waals surface area contributed by atoms with E-state index in [1.807, 2.05) is 58.9 Å². The number of unbranched alkanes of at least 4 members (excludes halogenated alkanes) is 1. The van der Waals surface area contributed by atoms with Gasteiger partial charge in [0.05, 0.1) is 55.9 Å². The van der Waals surface area contributed by atoms with Crippen LogP contribution in [0, 0.1) is 67.8 Å². The first kappa shape index (κ1) is 69.7. The summed E-state index contributed by atoms with van der Waals surface area (Å²) in [5.74, 6) is -1.21. The second kappa shape index (κ2) is 32.9. The van der Waals surface area contributed by atoms with Gasteiger partial charge >= 0.3 is 17.9 Å². The van der Waals surface area contributed by atoms with E-state index in [4.69, 9.17) is 28.4 Å². The number of fused-ring (bicyclic) bond motifs is 6. The van der Waals surface area contributed by atoms with Gasteiger partial charge in [-0.3, -0.25) is 19.3 Å². The van der Waals surface area contributed by atoms with Crippen LogP contribution in [0.15, 0.2) is 146 Å². The van der Waals surface area contributed by atoms with E-state index in [0.29, 0.717) is 43.7 Å². The maximum Gasteiger partial charge on any atom is 0.313 e. The van der Waals surface area contributed by atoms with Crippen LogP contribution >= 0.6 is 0 Å². The van der Waals surface area contributed by atoms with Crippen LogP contribution in [0.25, 0.3) is 0 Å². The fourth-order valence-electron chi connectivity index (χ4n) is 15.2. The summed E-state index contributed by atoms with van der Waals surface area (Å²) in [6, 6.07) is 45.1. The summed E-state index contributed by atoms with van der Waals surface area (Å²) in [7, 11) is 0. The lowest BCUT2D eigenvalue weighted by atomic mass is 9.77. The van der Waals surface area contributed by atoms with E-state index >= 15 is 0 Å². The van der Waals surface area contributed by atoms with Gasteiger partial charge in [0.15, 0.2) is 0 Å². The molecule has 9 unspecified atom stereocenters. The third-order valence-electron chi connectivity index (χ3n) is 19.7. The SMILES string of the molecule is C.CCCCN1C2CCC1[C@@H](C(=O)OCC)[C@@H](OC(c1ccc(C)cc1)c1ccc(F)cc1)C2.CCOC(=O)[C@@H]1C2CCC(C2)C[C@@H]1OC(c1ccc(C)cc1)c1ccc(F)cc1.CCOC(=O)[C@@H]1C2CCC(C[C@@H]1OC(c1ccc(C)cc1)c1ccc(F)cc1)N2. The largest absolute Gasteiger partial charge is 0.466 e. The molecule has 14 heteroatoms. The Labute approximate surface area is 544 Å². The molecule has 15 atom stereocenters. The molecule has 6 bridgehead atoms. The lowest BCUT2D eigenvalue weighted by Crippen LogP contribution is -2.55. The highest BCUT2D eigenvalue weighted by Crippen LogP contribution is 2.49. The highest BCUT2D eigenvalue weighted by Gasteiger charge is 2.53. The van der Waals surface area contributed by atoms with Crippen LogP contribution in [0.2, 0.25) is 0 Å². The number of carbonyl (C=O) groups excluding carboxylic acids is 3. The molecular weight excluding hydrogens is 1170 g/mol. The monoisotopic (exact) mass is 1260 g/mol. The van der Waals surface area contributed by atoms with Gasteiger partial charge in [-0.05, 0) is 194 Å². The first-order chi connectivity index (χ1) is 44.1. The van der Waals surface area contributed by atoms with E-state index in [2.05, 4.69) is 72.6 Å². The molecule has 0 aromatic heterocycles. The minimum absolute atomic E-state index is 0. The zero-order valence-electron chi connectivity index (χ0n) is 54.1. The molecule has 494 valence electrons. The van der Waals surface area contributed by atoms with Gasteiger partial charge in [0.25, 0.3) is 0 Å². The molecule has 2 saturated carbocycles. The van der Waals surface area contributed by atoms with Gasteiger partial charge in [-0.1, -0.05) is 153 Å². The summed E-state index contributed by atoms with van der Waals surface area (Å²) in [6.45, 7) is 16.0. The molecule has 4 heterocycles. The molecular formula is C78H97F3N2O9. The molecule has 4 aliphatic heterocycles. The van der Waals surface area contributed by atoms with Gasteiger partial charge in [-0.25, -0.2) is 13.2 Å². The summed E-state index contributed by atoms with van der Waals surface area (Å²) in [4.78, 5) is 41.2. The van der Waals surface area contributed by atoms with Crippen molar-refractivity contribution >= 4 is 17.9 Å². The Bertz CT molecular complexity index is 3000. The quantitative estimate of drug-likeness (QED) is 0.0547. The summed E-state index contributed by atoms with van der Waals surface area (Å²) < 4.78 is 77.2. The molecule has 6 fully saturated rings. The number of carbonyl (C=O) groups is 3. The van der Waals surface area contributed by atoms with E-state index in [0.717, 1.165) is 123 Å². The van der Waals surface area contributed by atoms with Crippen molar-refractivity contribution in [2.75, 3.05) is 26.4 Å². The Hall–Kier alpha value is -6.68. The lowest BCUT2D eigenvalue weighted by Gasteiger charge is -2.44. The number of ether oxygens (including phenoxy) is 6. The van der Waals surface area contributed by atoms with Gasteiger partial charge in [0.2, 0.25) is 0 Å². The number of nitrogens with one attached hydrogen (secondary N) is 1. The molecule has 6 aromatic carbocycles. The van der Waals surface area contributed by atoms with Crippen molar-refractivity contribution in [1.82, 2.24) is 10.2 Å². The number of esters is 3. The van der Waals surface area contributed by atoms with Gasteiger partial charge in [-0.15, -0.1) is 0 Å². The third kappa shape index (κ3) is 17.2. The first-order valence-corrected chi connectivity index (χ1v) is 33.6. The summed E-state index contributed by atoms with van der Waals surface area (Å²) in [6.07, 6.45) is 10.4. The molecule has 4 saturated heterocycles. The molecule has 6 aromatic rings. The van der Waals surface area contributed by atoms with Crippen LogP contribution < -0.4 is 5.32 Å². The van der Waals surface area contributed by atoms with Gasteiger partial charge in [-0.2, -0.15) is 0 Å². The van der Waals surface area contributed by atoms with Crippen molar-refractivity contribution in [1.29, 1.82) is 0 Å². The van der Waals surface area contributed by atoms with E-state index in [1.54, 1.807) is 36.4 Å². The predicted octanol–water partition coefficient (Wildman–Crippen LogP) is 16.4. The number of hydrogen-bond acceptors (Lipinski definition) is 11. The molecule has 6 aliphatic rings. The van der Waals surface area contributed by atoms with E-state index in [9.17, 15) is 27.6 Å². The summed E-state index contributed by atoms with van der Waals surface area (Å²) >= 11 is 0. The normalized spacial score (nSPS) is 26.2. The van der Waals surface area contributed by atoms with E-state index < -0.39 is 0 Å². The van der Waals surface area contributed by atoms with E-state index in [-0.39, 0.29) is 109 Å². The van der Waals surface area contributed by atoms with Crippen molar-refractivity contribution < 1.29 is 56.0 Å². The molecule has 0 amide bonds. The second-order valence-corrected chi connectivity index (χ2v) is 26.0. The maximum absolute atomic E-state index is 13.7.